The summed E-state index contributed by atoms with van der Waals surface area (Å²) in [6.07, 6.45) is 0. The third-order valence-electron chi connectivity index (χ3n) is 2.38. The molecule has 0 aliphatic heterocycles. The molecule has 0 radical (unpaired) electrons. The van der Waals surface area contributed by atoms with E-state index >= 15 is 0 Å². The van der Waals surface area contributed by atoms with Gasteiger partial charge in [0.25, 0.3) is 0 Å². The van der Waals surface area contributed by atoms with Crippen molar-refractivity contribution in [1.29, 1.82) is 0 Å². The second-order valence-electron chi connectivity index (χ2n) is 4.06. The van der Waals surface area contributed by atoms with Crippen molar-refractivity contribution in [2.75, 3.05) is 7.11 Å². The Kier molecular flexibility index (Phi) is 4.00. The zero-order valence-electron chi connectivity index (χ0n) is 10.5. The molecule has 0 fully saturated rings. The molecule has 2 rings (SSSR count). The van der Waals surface area contributed by atoms with Crippen molar-refractivity contribution in [1.82, 2.24) is 25.2 Å². The first kappa shape index (κ1) is 13.1. The normalized spacial score (nSPS) is 11.4. The van der Waals surface area contributed by atoms with Crippen LogP contribution < -0.4 is 0 Å². The van der Waals surface area contributed by atoms with Crippen LogP contribution in [-0.4, -0.2) is 37.4 Å². The predicted octanol–water partition coefficient (Wildman–Crippen LogP) is 0.881. The molecular weight excluding hydrogens is 254 g/mol. The minimum Gasteiger partial charge on any atom is -0.390 e. The molecule has 2 aromatic heterocycles. The molecule has 18 heavy (non-hydrogen) atoms. The second kappa shape index (κ2) is 5.51. The second-order valence-corrected chi connectivity index (χ2v) is 5.10. The number of aromatic nitrogens is 5. The molecule has 0 bridgehead atoms. The summed E-state index contributed by atoms with van der Waals surface area (Å²) in [6, 6.07) is 0. The predicted molar refractivity (Wildman–Crippen MR) is 65.6 cm³/mol. The van der Waals surface area contributed by atoms with Gasteiger partial charge in [-0.2, -0.15) is 4.68 Å². The molecule has 0 saturated heterocycles. The van der Waals surface area contributed by atoms with Crippen molar-refractivity contribution >= 4 is 11.3 Å². The van der Waals surface area contributed by atoms with E-state index in [1.807, 2.05) is 13.8 Å². The van der Waals surface area contributed by atoms with E-state index in [2.05, 4.69) is 20.5 Å². The molecule has 2 aromatic rings. The van der Waals surface area contributed by atoms with Gasteiger partial charge >= 0.3 is 0 Å². The lowest BCUT2D eigenvalue weighted by Gasteiger charge is -2.06. The van der Waals surface area contributed by atoms with Crippen LogP contribution in [0.25, 0.3) is 5.13 Å². The lowest BCUT2D eigenvalue weighted by atomic mass is 10.1. The largest absolute Gasteiger partial charge is 0.390 e. The third-order valence-corrected chi connectivity index (χ3v) is 3.25. The SMILES string of the molecule is COCc1nnc(-n2nnc(CO)c2C(C)C)s1. The summed E-state index contributed by atoms with van der Waals surface area (Å²) in [6.45, 7) is 4.34. The average Bonchev–Trinajstić information content (AvgIpc) is 2.94. The van der Waals surface area contributed by atoms with Gasteiger partial charge in [-0.15, -0.1) is 15.3 Å². The molecule has 0 unspecified atom stereocenters. The van der Waals surface area contributed by atoms with Crippen LogP contribution in [0, 0.1) is 0 Å². The number of hydrogen-bond donors (Lipinski definition) is 1. The lowest BCUT2D eigenvalue weighted by molar-refractivity contribution is 0.184. The molecule has 2 heterocycles. The van der Waals surface area contributed by atoms with Gasteiger partial charge in [-0.05, 0) is 5.92 Å². The number of ether oxygens (including phenoxy) is 1. The molecule has 0 spiro atoms. The van der Waals surface area contributed by atoms with Gasteiger partial charge in [-0.1, -0.05) is 30.4 Å². The Hall–Kier alpha value is -1.38. The number of rotatable bonds is 5. The lowest BCUT2D eigenvalue weighted by Crippen LogP contribution is -2.05. The molecule has 0 amide bonds. The minimum atomic E-state index is -0.128. The summed E-state index contributed by atoms with van der Waals surface area (Å²) < 4.78 is 6.64. The molecule has 7 nitrogen and oxygen atoms in total. The van der Waals surface area contributed by atoms with Gasteiger partial charge in [0.15, 0.2) is 0 Å². The van der Waals surface area contributed by atoms with Crippen LogP contribution in [0.1, 0.15) is 36.2 Å². The zero-order chi connectivity index (χ0) is 13.1. The van der Waals surface area contributed by atoms with Gasteiger partial charge in [0.05, 0.1) is 12.3 Å². The Balaban J connectivity index is 2.40. The molecule has 98 valence electrons. The number of methoxy groups -OCH3 is 1. The first-order valence-electron chi connectivity index (χ1n) is 5.54. The van der Waals surface area contributed by atoms with Crippen molar-refractivity contribution in [2.24, 2.45) is 0 Å². The molecule has 0 aromatic carbocycles. The van der Waals surface area contributed by atoms with Crippen LogP contribution >= 0.6 is 11.3 Å². The van der Waals surface area contributed by atoms with Gasteiger partial charge in [-0.3, -0.25) is 0 Å². The van der Waals surface area contributed by atoms with Crippen LogP contribution in [0.3, 0.4) is 0 Å². The topological polar surface area (TPSA) is 86.0 Å². The van der Waals surface area contributed by atoms with Gasteiger partial charge in [0.1, 0.15) is 17.3 Å². The van der Waals surface area contributed by atoms with E-state index in [0.717, 1.165) is 10.7 Å². The van der Waals surface area contributed by atoms with Gasteiger partial charge in [0, 0.05) is 7.11 Å². The maximum atomic E-state index is 9.25. The van der Waals surface area contributed by atoms with Crippen LogP contribution in [-0.2, 0) is 18.0 Å². The van der Waals surface area contributed by atoms with Crippen molar-refractivity contribution < 1.29 is 9.84 Å². The molecular formula is C10H15N5O2S. The standard InChI is InChI=1S/C10H15N5O2S/c1-6(2)9-7(4-16)11-14-15(9)10-13-12-8(18-10)5-17-3/h6,16H,4-5H2,1-3H3. The summed E-state index contributed by atoms with van der Waals surface area (Å²) in [4.78, 5) is 0. The number of aliphatic hydroxyl groups excluding tert-OH is 1. The first-order chi connectivity index (χ1) is 8.67. The Morgan fingerprint density at radius 1 is 1.33 bits per heavy atom. The van der Waals surface area contributed by atoms with Gasteiger partial charge < -0.3 is 9.84 Å². The van der Waals surface area contributed by atoms with Crippen LogP contribution in [0.5, 0.6) is 0 Å². The van der Waals surface area contributed by atoms with Crippen molar-refractivity contribution in [3.8, 4) is 5.13 Å². The quantitative estimate of drug-likeness (QED) is 0.867. The summed E-state index contributed by atoms with van der Waals surface area (Å²) in [7, 11) is 1.61. The Morgan fingerprint density at radius 3 is 2.72 bits per heavy atom. The Morgan fingerprint density at radius 2 is 2.11 bits per heavy atom. The molecule has 8 heteroatoms. The highest BCUT2D eigenvalue weighted by Gasteiger charge is 2.19. The summed E-state index contributed by atoms with van der Waals surface area (Å²) in [5.74, 6) is 0.192. The highest BCUT2D eigenvalue weighted by atomic mass is 32.1. The van der Waals surface area contributed by atoms with Crippen LogP contribution in [0.4, 0.5) is 0 Å². The third kappa shape index (κ3) is 2.40. The highest BCUT2D eigenvalue weighted by Crippen LogP contribution is 2.23. The van der Waals surface area contributed by atoms with E-state index < -0.39 is 0 Å². The molecule has 0 atom stereocenters. The van der Waals surface area contributed by atoms with E-state index in [9.17, 15) is 5.11 Å². The highest BCUT2D eigenvalue weighted by molar-refractivity contribution is 7.13. The van der Waals surface area contributed by atoms with E-state index in [1.165, 1.54) is 11.3 Å². The maximum absolute atomic E-state index is 9.25. The van der Waals surface area contributed by atoms with E-state index in [-0.39, 0.29) is 12.5 Å². The van der Waals surface area contributed by atoms with Crippen molar-refractivity contribution in [3.63, 3.8) is 0 Å². The number of aliphatic hydroxyl groups is 1. The monoisotopic (exact) mass is 269 g/mol. The minimum absolute atomic E-state index is 0.128. The van der Waals surface area contributed by atoms with Gasteiger partial charge in [-0.25, -0.2) is 0 Å². The first-order valence-corrected chi connectivity index (χ1v) is 6.36. The number of hydrogen-bond acceptors (Lipinski definition) is 7. The summed E-state index contributed by atoms with van der Waals surface area (Å²) >= 11 is 1.40. The van der Waals surface area contributed by atoms with Crippen molar-refractivity contribution in [2.45, 2.75) is 33.0 Å². The Labute approximate surface area is 108 Å². The van der Waals surface area contributed by atoms with E-state index in [1.54, 1.807) is 11.8 Å². The molecule has 0 aliphatic carbocycles. The van der Waals surface area contributed by atoms with Crippen LogP contribution in [0.15, 0.2) is 0 Å². The molecule has 1 N–H and O–H groups in total. The van der Waals surface area contributed by atoms with E-state index in [4.69, 9.17) is 4.74 Å². The summed E-state index contributed by atoms with van der Waals surface area (Å²) in [5.41, 5.74) is 1.44. The smallest absolute Gasteiger partial charge is 0.234 e. The fraction of sp³-hybridized carbons (Fsp3) is 0.600. The Bertz CT molecular complexity index is 522. The number of nitrogens with zero attached hydrogens (tertiary/aromatic N) is 5. The average molecular weight is 269 g/mol. The van der Waals surface area contributed by atoms with Crippen LogP contribution in [0.2, 0.25) is 0 Å². The maximum Gasteiger partial charge on any atom is 0.234 e. The van der Waals surface area contributed by atoms with Crippen molar-refractivity contribution in [3.05, 3.63) is 16.4 Å². The molecule has 0 saturated carbocycles. The summed E-state index contributed by atoms with van der Waals surface area (Å²) in [5, 5.41) is 26.7. The van der Waals surface area contributed by atoms with E-state index in [0.29, 0.717) is 17.4 Å². The fourth-order valence-electron chi connectivity index (χ4n) is 1.66. The molecule has 0 aliphatic rings. The van der Waals surface area contributed by atoms with Gasteiger partial charge in [0.2, 0.25) is 5.13 Å². The fourth-order valence-corrected chi connectivity index (χ4v) is 2.44. The zero-order valence-corrected chi connectivity index (χ0v) is 11.3.